The topological polar surface area (TPSA) is 35.5 Å². The first-order valence-corrected chi connectivity index (χ1v) is 9.82. The van der Waals surface area contributed by atoms with Crippen LogP contribution in [0.15, 0.2) is 60.4 Å². The van der Waals surface area contributed by atoms with Crippen molar-refractivity contribution in [2.75, 3.05) is 0 Å². The van der Waals surface area contributed by atoms with Gasteiger partial charge < -0.3 is 9.47 Å². The number of benzene rings is 3. The minimum atomic E-state index is -0.135. The molecule has 4 rings (SSSR count). The van der Waals surface area contributed by atoms with Gasteiger partial charge in [-0.05, 0) is 67.8 Å². The number of ketones is 1. The van der Waals surface area contributed by atoms with Crippen LogP contribution in [0.1, 0.15) is 38.2 Å². The summed E-state index contributed by atoms with van der Waals surface area (Å²) in [6.45, 7) is 6.51. The zero-order valence-corrected chi connectivity index (χ0v) is 17.3. The molecule has 0 saturated heterocycles. The molecule has 0 aliphatic carbocycles. The molecule has 29 heavy (non-hydrogen) atoms. The normalized spacial score (nSPS) is 14.1. The lowest BCUT2D eigenvalue weighted by Gasteiger charge is -2.13. The number of hydrogen-bond donors (Lipinski definition) is 0. The van der Waals surface area contributed by atoms with Gasteiger partial charge in [-0.15, -0.1) is 0 Å². The fourth-order valence-electron chi connectivity index (χ4n) is 3.38. The molecule has 146 valence electrons. The van der Waals surface area contributed by atoms with Gasteiger partial charge in [0.25, 0.3) is 0 Å². The molecule has 0 amide bonds. The Morgan fingerprint density at radius 1 is 1.03 bits per heavy atom. The summed E-state index contributed by atoms with van der Waals surface area (Å²) >= 11 is 6.04. The van der Waals surface area contributed by atoms with E-state index in [0.717, 1.165) is 16.7 Å². The summed E-state index contributed by atoms with van der Waals surface area (Å²) in [4.78, 5) is 12.7. The SMILES string of the molecule is Cc1ccc(C)c(COc2ccc3c(c2C)O/C(=C\c2cccc(Cl)c2)C3=O)c1. The van der Waals surface area contributed by atoms with Gasteiger partial charge in [0.1, 0.15) is 18.1 Å². The van der Waals surface area contributed by atoms with E-state index in [9.17, 15) is 4.79 Å². The van der Waals surface area contributed by atoms with Crippen molar-refractivity contribution in [3.8, 4) is 11.5 Å². The van der Waals surface area contributed by atoms with Gasteiger partial charge in [0.05, 0.1) is 5.56 Å². The molecule has 3 aromatic rings. The quantitative estimate of drug-likeness (QED) is 0.468. The highest BCUT2D eigenvalue weighted by atomic mass is 35.5. The van der Waals surface area contributed by atoms with Crippen LogP contribution >= 0.6 is 11.6 Å². The van der Waals surface area contributed by atoms with Gasteiger partial charge in [-0.25, -0.2) is 0 Å². The molecule has 0 saturated carbocycles. The third kappa shape index (κ3) is 3.92. The summed E-state index contributed by atoms with van der Waals surface area (Å²) in [5.41, 5.74) is 5.71. The van der Waals surface area contributed by atoms with E-state index in [2.05, 4.69) is 32.0 Å². The average molecular weight is 405 g/mol. The third-order valence-electron chi connectivity index (χ3n) is 5.07. The van der Waals surface area contributed by atoms with Gasteiger partial charge >= 0.3 is 0 Å². The molecule has 3 nitrogen and oxygen atoms in total. The maximum Gasteiger partial charge on any atom is 0.231 e. The van der Waals surface area contributed by atoms with Crippen LogP contribution in [0.4, 0.5) is 0 Å². The van der Waals surface area contributed by atoms with Crippen molar-refractivity contribution in [1.82, 2.24) is 0 Å². The maximum atomic E-state index is 12.7. The summed E-state index contributed by atoms with van der Waals surface area (Å²) in [5.74, 6) is 1.42. The highest BCUT2D eigenvalue weighted by Gasteiger charge is 2.30. The monoisotopic (exact) mass is 404 g/mol. The van der Waals surface area contributed by atoms with Crippen LogP contribution in [0.5, 0.6) is 11.5 Å². The summed E-state index contributed by atoms with van der Waals surface area (Å²) in [7, 11) is 0. The molecule has 0 unspecified atom stereocenters. The molecular weight excluding hydrogens is 384 g/mol. The lowest BCUT2D eigenvalue weighted by Crippen LogP contribution is -2.00. The molecule has 0 bridgehead atoms. The van der Waals surface area contributed by atoms with Crippen LogP contribution in [-0.4, -0.2) is 5.78 Å². The lowest BCUT2D eigenvalue weighted by molar-refractivity contribution is 0.101. The summed E-state index contributed by atoms with van der Waals surface area (Å²) in [5, 5.41) is 0.612. The zero-order chi connectivity index (χ0) is 20.5. The Morgan fingerprint density at radius 2 is 1.86 bits per heavy atom. The van der Waals surface area contributed by atoms with Gasteiger partial charge in [-0.2, -0.15) is 0 Å². The number of halogens is 1. The number of aryl methyl sites for hydroxylation is 2. The second kappa shape index (κ2) is 7.76. The van der Waals surface area contributed by atoms with Crippen LogP contribution in [0, 0.1) is 20.8 Å². The standard InChI is InChI=1S/C25H21ClO3/c1-15-7-8-16(2)19(11-15)14-28-22-10-9-21-24(27)23(29-25(21)17(22)3)13-18-5-4-6-20(26)12-18/h4-13H,14H2,1-3H3/b23-13-. The molecule has 3 aromatic carbocycles. The fourth-order valence-corrected chi connectivity index (χ4v) is 3.58. The van der Waals surface area contributed by atoms with Gasteiger partial charge in [-0.3, -0.25) is 4.79 Å². The molecule has 0 atom stereocenters. The van der Waals surface area contributed by atoms with Crippen molar-refractivity contribution in [2.24, 2.45) is 0 Å². The Balaban J connectivity index is 1.59. The summed E-state index contributed by atoms with van der Waals surface area (Å²) < 4.78 is 12.0. The van der Waals surface area contributed by atoms with E-state index in [-0.39, 0.29) is 11.5 Å². The van der Waals surface area contributed by atoms with E-state index in [1.807, 2.05) is 25.1 Å². The molecule has 4 heteroatoms. The van der Waals surface area contributed by atoms with E-state index in [0.29, 0.717) is 28.7 Å². The highest BCUT2D eigenvalue weighted by Crippen LogP contribution is 2.39. The third-order valence-corrected chi connectivity index (χ3v) is 5.31. The number of fused-ring (bicyclic) bond motifs is 1. The number of carbonyl (C=O) groups excluding carboxylic acids is 1. The molecule has 0 aromatic heterocycles. The second-order valence-electron chi connectivity index (χ2n) is 7.28. The van der Waals surface area contributed by atoms with Crippen LogP contribution in [0.2, 0.25) is 5.02 Å². The molecule has 1 aliphatic rings. The van der Waals surface area contributed by atoms with Crippen LogP contribution < -0.4 is 9.47 Å². The van der Waals surface area contributed by atoms with Gasteiger partial charge in [0, 0.05) is 10.6 Å². The van der Waals surface area contributed by atoms with Crippen LogP contribution in [0.3, 0.4) is 0 Å². The zero-order valence-electron chi connectivity index (χ0n) is 16.6. The van der Waals surface area contributed by atoms with Crippen molar-refractivity contribution in [3.63, 3.8) is 0 Å². The van der Waals surface area contributed by atoms with E-state index in [1.54, 1.807) is 24.3 Å². The molecule has 1 aliphatic heterocycles. The Hall–Kier alpha value is -3.04. The summed E-state index contributed by atoms with van der Waals surface area (Å²) in [6, 6.07) is 17.2. The molecule has 0 N–H and O–H groups in total. The van der Waals surface area contributed by atoms with Crippen LogP contribution in [0.25, 0.3) is 6.08 Å². The largest absolute Gasteiger partial charge is 0.488 e. The maximum absolute atomic E-state index is 12.7. The van der Waals surface area contributed by atoms with E-state index in [4.69, 9.17) is 21.1 Å². The van der Waals surface area contributed by atoms with Crippen molar-refractivity contribution in [1.29, 1.82) is 0 Å². The number of hydrogen-bond acceptors (Lipinski definition) is 3. The molecular formula is C25H21ClO3. The molecule has 0 radical (unpaired) electrons. The lowest BCUT2D eigenvalue weighted by atomic mass is 10.1. The number of Topliss-reactive ketones (excluding diaryl/α,β-unsaturated/α-hetero) is 1. The smallest absolute Gasteiger partial charge is 0.231 e. The number of allylic oxidation sites excluding steroid dienone is 1. The molecule has 0 spiro atoms. The Kier molecular flexibility index (Phi) is 5.16. The Bertz CT molecular complexity index is 1140. The number of rotatable bonds is 4. The van der Waals surface area contributed by atoms with E-state index < -0.39 is 0 Å². The van der Waals surface area contributed by atoms with Crippen molar-refractivity contribution in [3.05, 3.63) is 98.8 Å². The fraction of sp³-hybridized carbons (Fsp3) is 0.160. The Labute approximate surface area is 175 Å². The summed E-state index contributed by atoms with van der Waals surface area (Å²) in [6.07, 6.45) is 1.71. The Morgan fingerprint density at radius 3 is 2.66 bits per heavy atom. The second-order valence-corrected chi connectivity index (χ2v) is 7.72. The minimum Gasteiger partial charge on any atom is -0.488 e. The number of carbonyl (C=O) groups is 1. The first-order chi connectivity index (χ1) is 13.9. The van der Waals surface area contributed by atoms with Crippen LogP contribution in [-0.2, 0) is 6.61 Å². The van der Waals surface area contributed by atoms with Crippen molar-refractivity contribution >= 4 is 23.5 Å². The van der Waals surface area contributed by atoms with E-state index in [1.165, 1.54) is 11.1 Å². The predicted molar refractivity (Wildman–Crippen MR) is 116 cm³/mol. The first-order valence-electron chi connectivity index (χ1n) is 9.45. The highest BCUT2D eigenvalue weighted by molar-refractivity contribution is 6.30. The average Bonchev–Trinajstić information content (AvgIpc) is 3.00. The van der Waals surface area contributed by atoms with E-state index >= 15 is 0 Å². The molecule has 0 fully saturated rings. The first kappa shape index (κ1) is 19.3. The minimum absolute atomic E-state index is 0.135. The molecule has 1 heterocycles. The number of ether oxygens (including phenoxy) is 2. The van der Waals surface area contributed by atoms with Crippen molar-refractivity contribution < 1.29 is 14.3 Å². The predicted octanol–water partition coefficient (Wildman–Crippen LogP) is 6.46. The van der Waals surface area contributed by atoms with Gasteiger partial charge in [-0.1, -0.05) is 47.5 Å². The van der Waals surface area contributed by atoms with Gasteiger partial charge in [0.2, 0.25) is 5.78 Å². The van der Waals surface area contributed by atoms with Crippen molar-refractivity contribution in [2.45, 2.75) is 27.4 Å². The van der Waals surface area contributed by atoms with Gasteiger partial charge in [0.15, 0.2) is 5.76 Å².